The number of aromatic nitrogens is 4. The van der Waals surface area contributed by atoms with Crippen molar-refractivity contribution in [3.8, 4) is 10.8 Å². The van der Waals surface area contributed by atoms with Crippen LogP contribution in [-0.4, -0.2) is 26.3 Å². The summed E-state index contributed by atoms with van der Waals surface area (Å²) in [6.45, 7) is 9.34. The maximum atomic E-state index is 5.81. The molecule has 2 aromatic rings. The van der Waals surface area contributed by atoms with Gasteiger partial charge in [-0.2, -0.15) is 0 Å². The molecule has 1 N–H and O–H groups in total. The fraction of sp³-hybridized carbons (Fsp3) is 0.692. The molecule has 2 heterocycles. The Balaban J connectivity index is 2.21. The lowest BCUT2D eigenvalue weighted by Crippen LogP contribution is -2.21. The van der Waals surface area contributed by atoms with Gasteiger partial charge in [0.1, 0.15) is 4.88 Å². The Morgan fingerprint density at radius 1 is 1.20 bits per heavy atom. The van der Waals surface area contributed by atoms with Crippen LogP contribution in [0, 0.1) is 0 Å². The van der Waals surface area contributed by atoms with Crippen molar-refractivity contribution < 1.29 is 4.42 Å². The Bertz CT molecular complexity index is 536. The number of nitrogens with one attached hydrogen (secondary N) is 1. The van der Waals surface area contributed by atoms with E-state index >= 15 is 0 Å². The molecule has 0 aliphatic rings. The van der Waals surface area contributed by atoms with Gasteiger partial charge in [-0.05, 0) is 36.8 Å². The number of hydrogen-bond donors (Lipinski definition) is 1. The summed E-state index contributed by atoms with van der Waals surface area (Å²) < 4.78 is 9.81. The van der Waals surface area contributed by atoms with E-state index in [0.717, 1.165) is 30.0 Å². The fourth-order valence-electron chi connectivity index (χ4n) is 1.92. The first-order valence-corrected chi connectivity index (χ1v) is 7.84. The molecule has 0 saturated carbocycles. The van der Waals surface area contributed by atoms with Crippen LogP contribution in [0.15, 0.2) is 4.42 Å². The average Bonchev–Trinajstić information content (AvgIpc) is 3.08. The van der Waals surface area contributed by atoms with Crippen molar-refractivity contribution in [3.63, 3.8) is 0 Å². The van der Waals surface area contributed by atoms with Gasteiger partial charge in [0, 0.05) is 0 Å². The van der Waals surface area contributed by atoms with E-state index in [1.165, 1.54) is 11.5 Å². The van der Waals surface area contributed by atoms with Gasteiger partial charge in [0.15, 0.2) is 0 Å². The second kappa shape index (κ2) is 6.90. The summed E-state index contributed by atoms with van der Waals surface area (Å²) in [7, 11) is 0. The summed E-state index contributed by atoms with van der Waals surface area (Å²) in [5.74, 6) is 1.45. The van der Waals surface area contributed by atoms with Gasteiger partial charge < -0.3 is 9.73 Å². The van der Waals surface area contributed by atoms with Gasteiger partial charge in [0.05, 0.1) is 11.7 Å². The molecule has 0 aliphatic carbocycles. The number of hydrogen-bond acceptors (Lipinski definition) is 7. The zero-order valence-electron chi connectivity index (χ0n) is 12.4. The van der Waals surface area contributed by atoms with E-state index in [0.29, 0.717) is 17.7 Å². The Hall–Kier alpha value is -1.34. The highest BCUT2D eigenvalue weighted by molar-refractivity contribution is 7.09. The smallest absolute Gasteiger partial charge is 0.261 e. The fourth-order valence-corrected chi connectivity index (χ4v) is 2.66. The van der Waals surface area contributed by atoms with Gasteiger partial charge in [-0.15, -0.1) is 15.3 Å². The van der Waals surface area contributed by atoms with Crippen LogP contribution < -0.4 is 5.32 Å². The molecule has 0 saturated heterocycles. The Morgan fingerprint density at radius 2 is 2.00 bits per heavy atom. The van der Waals surface area contributed by atoms with Gasteiger partial charge in [-0.1, -0.05) is 32.2 Å². The SMILES string of the molecule is CCCNC(CC)c1nnc(-c2snnc2C(C)C)o1. The van der Waals surface area contributed by atoms with Crippen LogP contribution in [0.5, 0.6) is 0 Å². The van der Waals surface area contributed by atoms with Crippen LogP contribution >= 0.6 is 11.5 Å². The highest BCUT2D eigenvalue weighted by atomic mass is 32.1. The summed E-state index contributed by atoms with van der Waals surface area (Å²) in [6, 6.07) is 0.111. The van der Waals surface area contributed by atoms with Gasteiger partial charge in [0.25, 0.3) is 5.89 Å². The molecule has 0 amide bonds. The quantitative estimate of drug-likeness (QED) is 0.845. The first-order chi connectivity index (χ1) is 9.67. The van der Waals surface area contributed by atoms with Crippen LogP contribution in [0.2, 0.25) is 0 Å². The van der Waals surface area contributed by atoms with E-state index in [4.69, 9.17) is 4.42 Å². The van der Waals surface area contributed by atoms with E-state index in [1.54, 1.807) is 0 Å². The Labute approximate surface area is 123 Å². The van der Waals surface area contributed by atoms with Crippen LogP contribution in [0.25, 0.3) is 10.8 Å². The molecule has 1 atom stereocenters. The third-order valence-electron chi connectivity index (χ3n) is 3.04. The molecule has 0 aromatic carbocycles. The summed E-state index contributed by atoms with van der Waals surface area (Å²) >= 11 is 1.30. The molecule has 0 bridgehead atoms. The van der Waals surface area contributed by atoms with Crippen molar-refractivity contribution in [2.75, 3.05) is 6.54 Å². The Morgan fingerprint density at radius 3 is 2.65 bits per heavy atom. The largest absolute Gasteiger partial charge is 0.418 e. The van der Waals surface area contributed by atoms with Crippen LogP contribution in [0.1, 0.15) is 64.1 Å². The highest BCUT2D eigenvalue weighted by Gasteiger charge is 2.21. The van der Waals surface area contributed by atoms with Crippen LogP contribution in [0.3, 0.4) is 0 Å². The van der Waals surface area contributed by atoms with Crippen LogP contribution in [-0.2, 0) is 0 Å². The van der Waals surface area contributed by atoms with E-state index < -0.39 is 0 Å². The summed E-state index contributed by atoms with van der Waals surface area (Å²) in [6.07, 6.45) is 1.99. The minimum absolute atomic E-state index is 0.111. The average molecular weight is 295 g/mol. The molecule has 0 fully saturated rings. The molecule has 1 unspecified atom stereocenters. The predicted octanol–water partition coefficient (Wildman–Crippen LogP) is 3.16. The molecular weight excluding hydrogens is 274 g/mol. The van der Waals surface area contributed by atoms with Crippen molar-refractivity contribution >= 4 is 11.5 Å². The highest BCUT2D eigenvalue weighted by Crippen LogP contribution is 2.30. The molecular formula is C13H21N5OS. The number of rotatable bonds is 7. The lowest BCUT2D eigenvalue weighted by molar-refractivity contribution is 0.396. The maximum absolute atomic E-state index is 5.81. The van der Waals surface area contributed by atoms with Crippen molar-refractivity contribution in [1.29, 1.82) is 0 Å². The summed E-state index contributed by atoms with van der Waals surface area (Å²) in [5, 5.41) is 15.9. The summed E-state index contributed by atoms with van der Waals surface area (Å²) in [5.41, 5.74) is 0.916. The molecule has 6 nitrogen and oxygen atoms in total. The standard InChI is InChI=1S/C13H21N5OS/c1-5-7-14-9(6-2)12-16-17-13(19-12)11-10(8(3)4)15-18-20-11/h8-9,14H,5-7H2,1-4H3. The van der Waals surface area contributed by atoms with Gasteiger partial charge in [-0.25, -0.2) is 0 Å². The summed E-state index contributed by atoms with van der Waals surface area (Å²) in [4.78, 5) is 0.879. The molecule has 7 heteroatoms. The molecule has 0 aliphatic heterocycles. The van der Waals surface area contributed by atoms with E-state index in [2.05, 4.69) is 52.8 Å². The third-order valence-corrected chi connectivity index (χ3v) is 3.77. The lowest BCUT2D eigenvalue weighted by Gasteiger charge is -2.11. The first kappa shape index (κ1) is 15.1. The monoisotopic (exact) mass is 295 g/mol. The lowest BCUT2D eigenvalue weighted by atomic mass is 10.1. The molecule has 0 radical (unpaired) electrons. The topological polar surface area (TPSA) is 76.7 Å². The van der Waals surface area contributed by atoms with Crippen LogP contribution in [0.4, 0.5) is 0 Å². The second-order valence-corrected chi connectivity index (χ2v) is 5.76. The van der Waals surface area contributed by atoms with Crippen molar-refractivity contribution in [2.24, 2.45) is 0 Å². The van der Waals surface area contributed by atoms with Gasteiger partial charge in [0.2, 0.25) is 5.89 Å². The zero-order valence-corrected chi connectivity index (χ0v) is 13.2. The third kappa shape index (κ3) is 3.21. The molecule has 2 rings (SSSR count). The van der Waals surface area contributed by atoms with E-state index in [1.807, 2.05) is 0 Å². The number of nitrogens with zero attached hydrogens (tertiary/aromatic N) is 4. The van der Waals surface area contributed by atoms with Gasteiger partial charge >= 0.3 is 0 Å². The van der Waals surface area contributed by atoms with E-state index in [-0.39, 0.29) is 6.04 Å². The van der Waals surface area contributed by atoms with Crippen molar-refractivity contribution in [2.45, 2.75) is 52.5 Å². The molecule has 20 heavy (non-hydrogen) atoms. The van der Waals surface area contributed by atoms with Crippen molar-refractivity contribution in [1.82, 2.24) is 25.1 Å². The molecule has 110 valence electrons. The first-order valence-electron chi connectivity index (χ1n) is 7.06. The Kier molecular flexibility index (Phi) is 5.19. The minimum Gasteiger partial charge on any atom is -0.418 e. The predicted molar refractivity (Wildman–Crippen MR) is 78.6 cm³/mol. The van der Waals surface area contributed by atoms with E-state index in [9.17, 15) is 0 Å². The van der Waals surface area contributed by atoms with Gasteiger partial charge in [-0.3, -0.25) is 0 Å². The second-order valence-electron chi connectivity index (χ2n) is 5.00. The molecule has 2 aromatic heterocycles. The zero-order chi connectivity index (χ0) is 14.5. The molecule has 0 spiro atoms. The normalized spacial score (nSPS) is 13.1. The minimum atomic E-state index is 0.111. The maximum Gasteiger partial charge on any atom is 0.261 e. The van der Waals surface area contributed by atoms with Crippen molar-refractivity contribution in [3.05, 3.63) is 11.6 Å².